The Balaban J connectivity index is 1.47. The number of carbonyl (C=O) groups is 2. The third-order valence-corrected chi connectivity index (χ3v) is 10.9. The number of rotatable bonds is 9. The number of piperidine rings is 1. The number of benzene rings is 4. The second kappa shape index (κ2) is 15.8. The zero-order valence-corrected chi connectivity index (χ0v) is 30.7. The van der Waals surface area contributed by atoms with E-state index in [0.29, 0.717) is 30.9 Å². The minimum absolute atomic E-state index is 0.0229. The number of aromatic nitrogens is 2. The molecule has 0 saturated carbocycles. The molecular formula is C40H35F6N5O4S. The van der Waals surface area contributed by atoms with Gasteiger partial charge in [-0.25, -0.2) is 13.1 Å². The summed E-state index contributed by atoms with van der Waals surface area (Å²) in [6, 6.07) is 22.0. The van der Waals surface area contributed by atoms with Crippen molar-refractivity contribution < 1.29 is 44.3 Å². The summed E-state index contributed by atoms with van der Waals surface area (Å²) in [5, 5.41) is 9.25. The molecule has 2 heterocycles. The number of para-hydroxylation sites is 1. The van der Waals surface area contributed by atoms with Crippen molar-refractivity contribution in [2.75, 3.05) is 23.7 Å². The SMILES string of the molecule is CC1CC(C)CN(S(=O)(=O)c2cccc(-c3nn(-c4ccccc4)cc3C=C(C(=O)Nc3cccc(C(F)(F)F)c3)C(=O)Nc3cccc(C(F)(F)F)c3)c2)C1. The molecule has 0 aliphatic carbocycles. The standard InChI is InChI=1S/C40H35F6N5O4S/c1-25-17-26(2)23-50(22-25)56(54,55)34-16-6-9-27(18-34)36-28(24-51(49-36)33-14-4-3-5-15-33)19-35(37(52)47-31-12-7-10-29(20-31)39(41,42)43)38(53)48-32-13-8-11-30(21-32)40(44,45)46/h3-16,18-21,24-26H,17,22-23H2,1-2H3,(H,47,52)(H,48,53). The van der Waals surface area contributed by atoms with E-state index >= 15 is 0 Å². The maximum absolute atomic E-state index is 13.9. The Labute approximate surface area is 318 Å². The van der Waals surface area contributed by atoms with Crippen molar-refractivity contribution in [2.45, 2.75) is 37.5 Å². The Bertz CT molecular complexity index is 2310. The number of sulfonamides is 1. The first-order valence-electron chi connectivity index (χ1n) is 17.3. The summed E-state index contributed by atoms with van der Waals surface area (Å²) in [6.07, 6.45) is -6.09. The molecule has 0 bridgehead atoms. The van der Waals surface area contributed by atoms with Gasteiger partial charge in [-0.3, -0.25) is 9.59 Å². The molecule has 1 saturated heterocycles. The molecule has 1 fully saturated rings. The average Bonchev–Trinajstić information content (AvgIpc) is 3.57. The highest BCUT2D eigenvalue weighted by molar-refractivity contribution is 7.89. The van der Waals surface area contributed by atoms with Gasteiger partial charge in [-0.15, -0.1) is 0 Å². The fourth-order valence-electron chi connectivity index (χ4n) is 6.52. The number of halogens is 6. The van der Waals surface area contributed by atoms with E-state index in [9.17, 15) is 44.3 Å². The molecule has 2 amide bonds. The first-order chi connectivity index (χ1) is 26.4. The molecule has 16 heteroatoms. The highest BCUT2D eigenvalue weighted by Gasteiger charge is 2.34. The Morgan fingerprint density at radius 1 is 0.732 bits per heavy atom. The van der Waals surface area contributed by atoms with Crippen molar-refractivity contribution >= 4 is 39.3 Å². The van der Waals surface area contributed by atoms with Gasteiger partial charge in [-0.05, 0) is 85.0 Å². The quantitative estimate of drug-likeness (QED) is 0.0670. The molecule has 2 atom stereocenters. The molecule has 0 radical (unpaired) electrons. The minimum atomic E-state index is -4.76. The molecule has 2 N–H and O–H groups in total. The predicted octanol–water partition coefficient (Wildman–Crippen LogP) is 8.90. The van der Waals surface area contributed by atoms with Crippen molar-refractivity contribution in [1.82, 2.24) is 14.1 Å². The fourth-order valence-corrected chi connectivity index (χ4v) is 8.24. The van der Waals surface area contributed by atoms with Gasteiger partial charge in [-0.2, -0.15) is 35.7 Å². The Morgan fingerprint density at radius 2 is 1.27 bits per heavy atom. The summed E-state index contributed by atoms with van der Waals surface area (Å²) in [5.74, 6) is -2.12. The van der Waals surface area contributed by atoms with Gasteiger partial charge >= 0.3 is 12.4 Å². The Morgan fingerprint density at radius 3 is 1.80 bits per heavy atom. The maximum Gasteiger partial charge on any atom is 0.416 e. The number of anilines is 2. The fraction of sp³-hybridized carbons (Fsp3) is 0.225. The number of hydrogen-bond donors (Lipinski definition) is 2. The molecule has 0 spiro atoms. The van der Waals surface area contributed by atoms with Crippen molar-refractivity contribution in [2.24, 2.45) is 11.8 Å². The van der Waals surface area contributed by atoms with Gasteiger partial charge in [0.15, 0.2) is 0 Å². The van der Waals surface area contributed by atoms with Crippen molar-refractivity contribution in [3.05, 3.63) is 132 Å². The lowest BCUT2D eigenvalue weighted by Crippen LogP contribution is -2.42. The van der Waals surface area contributed by atoms with Crippen LogP contribution in [0.2, 0.25) is 0 Å². The summed E-state index contributed by atoms with van der Waals surface area (Å²) in [6.45, 7) is 4.62. The summed E-state index contributed by atoms with van der Waals surface area (Å²) in [7, 11) is -3.97. The van der Waals surface area contributed by atoms with Crippen LogP contribution in [-0.2, 0) is 32.0 Å². The molecular weight excluding hydrogens is 761 g/mol. The number of hydrogen-bond acceptors (Lipinski definition) is 5. The lowest BCUT2D eigenvalue weighted by molar-refractivity contribution is -0.138. The highest BCUT2D eigenvalue weighted by Crippen LogP contribution is 2.34. The van der Waals surface area contributed by atoms with Crippen molar-refractivity contribution in [3.8, 4) is 16.9 Å². The van der Waals surface area contributed by atoms with Crippen LogP contribution in [0.25, 0.3) is 23.0 Å². The average molecular weight is 796 g/mol. The van der Waals surface area contributed by atoms with Crippen molar-refractivity contribution in [3.63, 3.8) is 0 Å². The van der Waals surface area contributed by atoms with E-state index in [1.54, 1.807) is 36.4 Å². The molecule has 5 aromatic rings. The number of carbonyl (C=O) groups excluding carboxylic acids is 2. The van der Waals surface area contributed by atoms with Crippen LogP contribution < -0.4 is 10.6 Å². The van der Waals surface area contributed by atoms with E-state index in [4.69, 9.17) is 0 Å². The van der Waals surface area contributed by atoms with Gasteiger partial charge in [0, 0.05) is 41.8 Å². The third kappa shape index (κ3) is 9.20. The molecule has 56 heavy (non-hydrogen) atoms. The van der Waals surface area contributed by atoms with Crippen LogP contribution in [0.1, 0.15) is 37.0 Å². The van der Waals surface area contributed by atoms with E-state index in [1.165, 1.54) is 45.5 Å². The summed E-state index contributed by atoms with van der Waals surface area (Å²) in [4.78, 5) is 27.7. The van der Waals surface area contributed by atoms with Crippen LogP contribution >= 0.6 is 0 Å². The molecule has 2 unspecified atom stereocenters. The zero-order chi connectivity index (χ0) is 40.4. The van der Waals surface area contributed by atoms with Gasteiger partial charge in [0.05, 0.1) is 21.7 Å². The van der Waals surface area contributed by atoms with Gasteiger partial charge in [-0.1, -0.05) is 56.3 Å². The molecule has 9 nitrogen and oxygen atoms in total. The van der Waals surface area contributed by atoms with Crippen LogP contribution in [0.15, 0.2) is 120 Å². The predicted molar refractivity (Wildman–Crippen MR) is 199 cm³/mol. The van der Waals surface area contributed by atoms with Crippen LogP contribution in [0.5, 0.6) is 0 Å². The monoisotopic (exact) mass is 795 g/mol. The second-order valence-electron chi connectivity index (χ2n) is 13.6. The van der Waals surface area contributed by atoms with Crippen molar-refractivity contribution in [1.29, 1.82) is 0 Å². The Hall–Kier alpha value is -5.74. The summed E-state index contributed by atoms with van der Waals surface area (Å²) in [5.41, 5.74) is -2.48. The summed E-state index contributed by atoms with van der Waals surface area (Å²) >= 11 is 0. The number of alkyl halides is 6. The highest BCUT2D eigenvalue weighted by atomic mass is 32.2. The first kappa shape index (κ1) is 39.9. The number of nitrogens with zero attached hydrogens (tertiary/aromatic N) is 3. The molecule has 1 aromatic heterocycles. The first-order valence-corrected chi connectivity index (χ1v) is 18.8. The lowest BCUT2D eigenvalue weighted by atomic mass is 9.94. The molecule has 4 aromatic carbocycles. The van der Waals surface area contributed by atoms with Crippen LogP contribution in [0.3, 0.4) is 0 Å². The molecule has 292 valence electrons. The smallest absolute Gasteiger partial charge is 0.322 e. The van der Waals surface area contributed by atoms with Crippen LogP contribution in [-0.4, -0.2) is 47.4 Å². The summed E-state index contributed by atoms with van der Waals surface area (Å²) < 4.78 is 112. The lowest BCUT2D eigenvalue weighted by Gasteiger charge is -2.34. The van der Waals surface area contributed by atoms with Crippen LogP contribution in [0.4, 0.5) is 37.7 Å². The normalized spacial score (nSPS) is 16.6. The van der Waals surface area contributed by atoms with E-state index in [-0.39, 0.29) is 44.9 Å². The van der Waals surface area contributed by atoms with Gasteiger partial charge in [0.1, 0.15) is 11.3 Å². The topological polar surface area (TPSA) is 113 Å². The van der Waals surface area contributed by atoms with E-state index < -0.39 is 50.9 Å². The molecule has 1 aliphatic heterocycles. The second-order valence-corrected chi connectivity index (χ2v) is 15.6. The minimum Gasteiger partial charge on any atom is -0.322 e. The third-order valence-electron chi connectivity index (χ3n) is 9.03. The molecule has 1 aliphatic rings. The van der Waals surface area contributed by atoms with Gasteiger partial charge < -0.3 is 10.6 Å². The zero-order valence-electron chi connectivity index (χ0n) is 29.9. The Kier molecular flexibility index (Phi) is 11.3. The van der Waals surface area contributed by atoms with E-state index in [1.807, 2.05) is 13.8 Å². The number of nitrogens with one attached hydrogen (secondary N) is 2. The largest absolute Gasteiger partial charge is 0.416 e. The van der Waals surface area contributed by atoms with E-state index in [2.05, 4.69) is 15.7 Å². The van der Waals surface area contributed by atoms with E-state index in [0.717, 1.165) is 36.8 Å². The van der Waals surface area contributed by atoms with Gasteiger partial charge in [0.2, 0.25) is 10.0 Å². The van der Waals surface area contributed by atoms with Gasteiger partial charge in [0.25, 0.3) is 11.8 Å². The molecule has 6 rings (SSSR count). The maximum atomic E-state index is 13.9. The van der Waals surface area contributed by atoms with Crippen LogP contribution in [0, 0.1) is 11.8 Å². The number of amides is 2.